The van der Waals surface area contributed by atoms with Crippen molar-refractivity contribution >= 4 is 28.6 Å². The zero-order valence-electron chi connectivity index (χ0n) is 12.7. The average Bonchev–Trinajstić information content (AvgIpc) is 2.95. The summed E-state index contributed by atoms with van der Waals surface area (Å²) in [6.07, 6.45) is 1.70. The third kappa shape index (κ3) is 2.91. The molecule has 0 bridgehead atoms. The lowest BCUT2D eigenvalue weighted by Crippen LogP contribution is -2.12. The third-order valence-electron chi connectivity index (χ3n) is 3.53. The first-order valence-corrected chi connectivity index (χ1v) is 6.99. The molecule has 0 saturated carbocycles. The Hall–Kier alpha value is -3.15. The topological polar surface area (TPSA) is 73.2 Å². The van der Waals surface area contributed by atoms with Crippen LogP contribution in [0.25, 0.3) is 11.0 Å². The number of aromatic nitrogens is 2. The van der Waals surface area contributed by atoms with Crippen LogP contribution in [0.3, 0.4) is 0 Å². The number of methoxy groups -OCH3 is 1. The highest BCUT2D eigenvalue weighted by atomic mass is 16.5. The van der Waals surface area contributed by atoms with E-state index in [1.165, 1.54) is 7.11 Å². The Bertz CT molecular complexity index is 899. The fraction of sp³-hybridized carbons (Fsp3) is 0.118. The van der Waals surface area contributed by atoms with Gasteiger partial charge in [0.15, 0.2) is 0 Å². The molecule has 0 aliphatic carbocycles. The molecule has 1 aromatic heterocycles. The lowest BCUT2D eigenvalue weighted by molar-refractivity contribution is 0.0600. The van der Waals surface area contributed by atoms with E-state index in [2.05, 4.69) is 15.0 Å². The Morgan fingerprint density at radius 1 is 1.13 bits per heavy atom. The van der Waals surface area contributed by atoms with Gasteiger partial charge >= 0.3 is 5.97 Å². The number of anilines is 1. The van der Waals surface area contributed by atoms with Gasteiger partial charge in [0.1, 0.15) is 0 Å². The molecule has 0 fully saturated rings. The monoisotopic (exact) mass is 309 g/mol. The van der Waals surface area contributed by atoms with Crippen molar-refractivity contribution in [2.24, 2.45) is 7.05 Å². The minimum Gasteiger partial charge on any atom is -0.465 e. The quantitative estimate of drug-likeness (QED) is 0.755. The summed E-state index contributed by atoms with van der Waals surface area (Å²) in [5.41, 5.74) is 3.11. The Morgan fingerprint density at radius 3 is 2.74 bits per heavy atom. The molecule has 3 aromatic rings. The van der Waals surface area contributed by atoms with Crippen LogP contribution in [0.15, 0.2) is 48.8 Å². The third-order valence-corrected chi connectivity index (χ3v) is 3.53. The van der Waals surface area contributed by atoms with Gasteiger partial charge in [0.05, 0.1) is 30.0 Å². The van der Waals surface area contributed by atoms with E-state index in [1.807, 2.05) is 17.7 Å². The largest absolute Gasteiger partial charge is 0.465 e. The van der Waals surface area contributed by atoms with Crippen LogP contribution in [0, 0.1) is 0 Å². The summed E-state index contributed by atoms with van der Waals surface area (Å²) in [7, 11) is 3.21. The second kappa shape index (κ2) is 5.92. The fourth-order valence-corrected chi connectivity index (χ4v) is 2.32. The van der Waals surface area contributed by atoms with Gasteiger partial charge in [-0.3, -0.25) is 4.79 Å². The average molecular weight is 309 g/mol. The molecule has 0 radical (unpaired) electrons. The van der Waals surface area contributed by atoms with Gasteiger partial charge in [0, 0.05) is 18.3 Å². The summed E-state index contributed by atoms with van der Waals surface area (Å²) in [4.78, 5) is 28.1. The van der Waals surface area contributed by atoms with Crippen molar-refractivity contribution in [1.82, 2.24) is 9.55 Å². The van der Waals surface area contributed by atoms with E-state index in [-0.39, 0.29) is 5.91 Å². The number of aryl methyl sites for hydroxylation is 1. The van der Waals surface area contributed by atoms with Crippen LogP contribution in [0.1, 0.15) is 20.7 Å². The number of fused-ring (bicyclic) bond motifs is 1. The van der Waals surface area contributed by atoms with Gasteiger partial charge in [-0.15, -0.1) is 0 Å². The van der Waals surface area contributed by atoms with E-state index in [0.717, 1.165) is 11.0 Å². The van der Waals surface area contributed by atoms with Crippen molar-refractivity contribution in [2.45, 2.75) is 0 Å². The Labute approximate surface area is 132 Å². The molecule has 6 heteroatoms. The molecule has 0 saturated heterocycles. The molecule has 1 amide bonds. The second-order valence-corrected chi connectivity index (χ2v) is 5.09. The van der Waals surface area contributed by atoms with E-state index >= 15 is 0 Å². The molecule has 1 N–H and O–H groups in total. The zero-order valence-corrected chi connectivity index (χ0v) is 12.7. The smallest absolute Gasteiger partial charge is 0.337 e. The number of ether oxygens (including phenoxy) is 1. The second-order valence-electron chi connectivity index (χ2n) is 5.09. The minimum absolute atomic E-state index is 0.264. The molecule has 0 aliphatic rings. The Balaban J connectivity index is 1.84. The first kappa shape index (κ1) is 14.8. The number of hydrogen-bond acceptors (Lipinski definition) is 4. The van der Waals surface area contributed by atoms with Gasteiger partial charge in [-0.1, -0.05) is 6.07 Å². The van der Waals surface area contributed by atoms with Crippen LogP contribution in [-0.2, 0) is 11.8 Å². The number of nitrogens with one attached hydrogen (secondary N) is 1. The molecular formula is C17H15N3O3. The van der Waals surface area contributed by atoms with Crippen LogP contribution in [0.5, 0.6) is 0 Å². The van der Waals surface area contributed by atoms with Crippen molar-refractivity contribution in [1.29, 1.82) is 0 Å². The maximum absolute atomic E-state index is 12.4. The van der Waals surface area contributed by atoms with E-state index in [4.69, 9.17) is 0 Å². The summed E-state index contributed by atoms with van der Waals surface area (Å²) >= 11 is 0. The van der Waals surface area contributed by atoms with Crippen molar-refractivity contribution in [2.75, 3.05) is 12.4 Å². The molecule has 0 unspecified atom stereocenters. The van der Waals surface area contributed by atoms with Gasteiger partial charge in [0.2, 0.25) is 0 Å². The molecule has 116 valence electrons. The van der Waals surface area contributed by atoms with Crippen molar-refractivity contribution in [3.63, 3.8) is 0 Å². The number of amides is 1. The molecule has 0 atom stereocenters. The highest BCUT2D eigenvalue weighted by molar-refractivity contribution is 6.06. The molecule has 1 heterocycles. The number of hydrogen-bond donors (Lipinski definition) is 1. The lowest BCUT2D eigenvalue weighted by Gasteiger charge is -2.07. The van der Waals surface area contributed by atoms with Crippen LogP contribution in [0.2, 0.25) is 0 Å². The minimum atomic E-state index is -0.448. The Kier molecular flexibility index (Phi) is 3.80. The molecule has 0 aliphatic heterocycles. The first-order valence-electron chi connectivity index (χ1n) is 6.99. The normalized spacial score (nSPS) is 10.5. The maximum Gasteiger partial charge on any atom is 0.337 e. The van der Waals surface area contributed by atoms with Crippen LogP contribution in [-0.4, -0.2) is 28.5 Å². The van der Waals surface area contributed by atoms with Crippen molar-refractivity contribution < 1.29 is 14.3 Å². The molecule has 2 aromatic carbocycles. The number of carbonyl (C=O) groups is 2. The molecule has 6 nitrogen and oxygen atoms in total. The number of esters is 1. The van der Waals surface area contributed by atoms with E-state index in [9.17, 15) is 9.59 Å². The number of imidazole rings is 1. The highest BCUT2D eigenvalue weighted by Gasteiger charge is 2.11. The van der Waals surface area contributed by atoms with E-state index in [1.54, 1.807) is 42.7 Å². The maximum atomic E-state index is 12.4. The predicted octanol–water partition coefficient (Wildman–Crippen LogP) is 2.61. The summed E-state index contributed by atoms with van der Waals surface area (Å²) in [5.74, 6) is -0.712. The standard InChI is InChI=1S/C17H15N3O3/c1-20-10-18-14-9-11(6-7-15(14)20)16(21)19-13-5-3-4-12(8-13)17(22)23-2/h3-10H,1-2H3,(H,19,21). The molecule has 23 heavy (non-hydrogen) atoms. The van der Waals surface area contributed by atoms with Gasteiger partial charge in [0.25, 0.3) is 5.91 Å². The SMILES string of the molecule is COC(=O)c1cccc(NC(=O)c2ccc3c(c2)ncn3C)c1. The summed E-state index contributed by atoms with van der Waals surface area (Å²) in [6.45, 7) is 0. The number of nitrogens with zero attached hydrogens (tertiary/aromatic N) is 2. The summed E-state index contributed by atoms with van der Waals surface area (Å²) in [5, 5.41) is 2.77. The summed E-state index contributed by atoms with van der Waals surface area (Å²) in [6, 6.07) is 11.9. The van der Waals surface area contributed by atoms with Gasteiger partial charge < -0.3 is 14.6 Å². The van der Waals surface area contributed by atoms with Gasteiger partial charge in [-0.05, 0) is 36.4 Å². The predicted molar refractivity (Wildman–Crippen MR) is 86.4 cm³/mol. The number of carbonyl (C=O) groups excluding carboxylic acids is 2. The number of benzene rings is 2. The van der Waals surface area contributed by atoms with Crippen LogP contribution < -0.4 is 5.32 Å². The molecule has 0 spiro atoms. The van der Waals surface area contributed by atoms with Crippen molar-refractivity contribution in [3.05, 3.63) is 59.9 Å². The zero-order chi connectivity index (χ0) is 16.4. The first-order chi connectivity index (χ1) is 11.1. The molecule has 3 rings (SSSR count). The lowest BCUT2D eigenvalue weighted by atomic mass is 10.1. The van der Waals surface area contributed by atoms with E-state index < -0.39 is 5.97 Å². The Morgan fingerprint density at radius 2 is 1.96 bits per heavy atom. The van der Waals surface area contributed by atoms with Gasteiger partial charge in [-0.25, -0.2) is 9.78 Å². The van der Waals surface area contributed by atoms with Crippen molar-refractivity contribution in [3.8, 4) is 0 Å². The highest BCUT2D eigenvalue weighted by Crippen LogP contribution is 2.16. The summed E-state index contributed by atoms with van der Waals surface area (Å²) < 4.78 is 6.55. The van der Waals surface area contributed by atoms with Crippen LogP contribution in [0.4, 0.5) is 5.69 Å². The number of rotatable bonds is 3. The van der Waals surface area contributed by atoms with Crippen LogP contribution >= 0.6 is 0 Å². The van der Waals surface area contributed by atoms with Gasteiger partial charge in [-0.2, -0.15) is 0 Å². The fourth-order valence-electron chi connectivity index (χ4n) is 2.32. The van der Waals surface area contributed by atoms with E-state index in [0.29, 0.717) is 16.8 Å². The molecular weight excluding hydrogens is 294 g/mol.